The molecule has 1 aromatic heterocycles. The fourth-order valence-corrected chi connectivity index (χ4v) is 1.82. The minimum atomic E-state index is 0.0702. The predicted octanol–water partition coefficient (Wildman–Crippen LogP) is 1.74. The van der Waals surface area contributed by atoms with Gasteiger partial charge in [-0.05, 0) is 38.3 Å². The average molecular weight is 238 g/mol. The lowest BCUT2D eigenvalue weighted by Crippen LogP contribution is -2.29. The van der Waals surface area contributed by atoms with Gasteiger partial charge in [0.25, 0.3) is 5.91 Å². The van der Waals surface area contributed by atoms with Crippen LogP contribution in [-0.4, -0.2) is 40.7 Å². The van der Waals surface area contributed by atoms with Gasteiger partial charge >= 0.3 is 0 Å². The molecule has 4 nitrogen and oxygen atoms in total. The summed E-state index contributed by atoms with van der Waals surface area (Å²) in [6.45, 7) is 3.81. The summed E-state index contributed by atoms with van der Waals surface area (Å²) in [5.41, 5.74) is 0.747. The van der Waals surface area contributed by atoms with Crippen LogP contribution in [0.5, 0.6) is 0 Å². The highest BCUT2D eigenvalue weighted by Gasteiger charge is 2.14. The minimum Gasteiger partial charge on any atom is -0.396 e. The Kier molecular flexibility index (Phi) is 5.77. The van der Waals surface area contributed by atoms with Gasteiger partial charge in [0.2, 0.25) is 0 Å². The van der Waals surface area contributed by atoms with Crippen LogP contribution < -0.4 is 0 Å². The minimum absolute atomic E-state index is 0.0702. The van der Waals surface area contributed by atoms with Crippen LogP contribution in [0.1, 0.15) is 36.7 Å². The topological polar surface area (TPSA) is 45.5 Å². The largest absolute Gasteiger partial charge is 0.396 e. The second-order valence-electron chi connectivity index (χ2n) is 4.19. The number of aliphatic hydroxyl groups is 1. The molecule has 0 fully saturated rings. The summed E-state index contributed by atoms with van der Waals surface area (Å²) in [5, 5.41) is 8.68. The standard InChI is InChI=1S/C13H22N2O2/c1-3-15-10-7-8-12(15)13(17)14(2)9-5-4-6-11-16/h7-8,10,16H,3-6,9,11H2,1-2H3. The SMILES string of the molecule is CCn1cccc1C(=O)N(C)CCCCCO. The maximum Gasteiger partial charge on any atom is 0.270 e. The van der Waals surface area contributed by atoms with Crippen molar-refractivity contribution in [2.45, 2.75) is 32.7 Å². The Morgan fingerprint density at radius 3 is 2.82 bits per heavy atom. The summed E-state index contributed by atoms with van der Waals surface area (Å²) >= 11 is 0. The maximum atomic E-state index is 12.1. The van der Waals surface area contributed by atoms with Crippen molar-refractivity contribution in [1.82, 2.24) is 9.47 Å². The van der Waals surface area contributed by atoms with E-state index >= 15 is 0 Å². The van der Waals surface area contributed by atoms with Gasteiger partial charge in [0.05, 0.1) is 0 Å². The molecule has 0 bridgehead atoms. The number of nitrogens with zero attached hydrogens (tertiary/aromatic N) is 2. The van der Waals surface area contributed by atoms with Gasteiger partial charge in [0.1, 0.15) is 5.69 Å². The lowest BCUT2D eigenvalue weighted by molar-refractivity contribution is 0.0781. The number of aryl methyl sites for hydroxylation is 1. The fraction of sp³-hybridized carbons (Fsp3) is 0.615. The molecule has 0 unspecified atom stereocenters. The third kappa shape index (κ3) is 3.89. The van der Waals surface area contributed by atoms with E-state index in [-0.39, 0.29) is 12.5 Å². The monoisotopic (exact) mass is 238 g/mol. The zero-order chi connectivity index (χ0) is 12.7. The molecule has 1 aromatic rings. The van der Waals surface area contributed by atoms with Crippen molar-refractivity contribution in [2.75, 3.05) is 20.2 Å². The number of carbonyl (C=O) groups excluding carboxylic acids is 1. The first-order chi connectivity index (χ1) is 8.20. The molecule has 0 atom stereocenters. The van der Waals surface area contributed by atoms with E-state index in [4.69, 9.17) is 5.11 Å². The van der Waals surface area contributed by atoms with E-state index in [2.05, 4.69) is 0 Å². The zero-order valence-corrected chi connectivity index (χ0v) is 10.7. The van der Waals surface area contributed by atoms with Crippen molar-refractivity contribution >= 4 is 5.91 Å². The third-order valence-electron chi connectivity index (χ3n) is 2.89. The molecule has 1 amide bonds. The molecule has 0 radical (unpaired) electrons. The molecule has 0 aliphatic carbocycles. The molecule has 0 aliphatic rings. The molecule has 1 heterocycles. The Morgan fingerprint density at radius 2 is 2.18 bits per heavy atom. The molecule has 0 saturated carbocycles. The number of amides is 1. The second kappa shape index (κ2) is 7.12. The van der Waals surface area contributed by atoms with E-state index in [0.29, 0.717) is 0 Å². The summed E-state index contributed by atoms with van der Waals surface area (Å²) in [5.74, 6) is 0.0702. The first-order valence-corrected chi connectivity index (χ1v) is 6.22. The van der Waals surface area contributed by atoms with Crippen molar-refractivity contribution in [3.8, 4) is 0 Å². The van der Waals surface area contributed by atoms with E-state index in [1.165, 1.54) is 0 Å². The Morgan fingerprint density at radius 1 is 1.41 bits per heavy atom. The number of hydrogen-bond donors (Lipinski definition) is 1. The molecule has 0 spiro atoms. The molecular formula is C13H22N2O2. The van der Waals surface area contributed by atoms with Gasteiger partial charge < -0.3 is 14.6 Å². The highest BCUT2D eigenvalue weighted by Crippen LogP contribution is 2.07. The van der Waals surface area contributed by atoms with Gasteiger partial charge in [-0.2, -0.15) is 0 Å². The van der Waals surface area contributed by atoms with Gasteiger partial charge in [-0.3, -0.25) is 4.79 Å². The number of hydrogen-bond acceptors (Lipinski definition) is 2. The lowest BCUT2D eigenvalue weighted by Gasteiger charge is -2.17. The zero-order valence-electron chi connectivity index (χ0n) is 10.7. The first-order valence-electron chi connectivity index (χ1n) is 6.22. The van der Waals surface area contributed by atoms with Crippen molar-refractivity contribution < 1.29 is 9.90 Å². The molecule has 17 heavy (non-hydrogen) atoms. The van der Waals surface area contributed by atoms with Crippen LogP contribution in [0.3, 0.4) is 0 Å². The predicted molar refractivity (Wildman–Crippen MR) is 68.0 cm³/mol. The van der Waals surface area contributed by atoms with Crippen LogP contribution in [0.15, 0.2) is 18.3 Å². The molecule has 0 aliphatic heterocycles. The molecule has 1 rings (SSSR count). The van der Waals surface area contributed by atoms with Crippen molar-refractivity contribution in [2.24, 2.45) is 0 Å². The number of unbranched alkanes of at least 4 members (excludes halogenated alkanes) is 2. The molecule has 0 saturated heterocycles. The van der Waals surface area contributed by atoms with Gasteiger partial charge in [-0.1, -0.05) is 0 Å². The summed E-state index contributed by atoms with van der Waals surface area (Å²) in [7, 11) is 1.83. The quantitative estimate of drug-likeness (QED) is 0.735. The van der Waals surface area contributed by atoms with Gasteiger partial charge in [0, 0.05) is 32.9 Å². The maximum absolute atomic E-state index is 12.1. The van der Waals surface area contributed by atoms with Gasteiger partial charge in [-0.25, -0.2) is 0 Å². The van der Waals surface area contributed by atoms with E-state index < -0.39 is 0 Å². The number of carbonyl (C=O) groups is 1. The Hall–Kier alpha value is -1.29. The lowest BCUT2D eigenvalue weighted by atomic mass is 10.2. The normalized spacial score (nSPS) is 10.5. The van der Waals surface area contributed by atoms with Gasteiger partial charge in [-0.15, -0.1) is 0 Å². The molecule has 0 aromatic carbocycles. The van der Waals surface area contributed by atoms with Crippen LogP contribution in [0, 0.1) is 0 Å². The van der Waals surface area contributed by atoms with E-state index in [1.807, 2.05) is 36.9 Å². The van der Waals surface area contributed by atoms with E-state index in [1.54, 1.807) is 4.90 Å². The van der Waals surface area contributed by atoms with E-state index in [0.717, 1.165) is 38.0 Å². The van der Waals surface area contributed by atoms with Crippen LogP contribution in [0.2, 0.25) is 0 Å². The highest BCUT2D eigenvalue weighted by molar-refractivity contribution is 5.92. The molecule has 1 N–H and O–H groups in total. The van der Waals surface area contributed by atoms with Crippen molar-refractivity contribution in [1.29, 1.82) is 0 Å². The van der Waals surface area contributed by atoms with Crippen LogP contribution in [0.4, 0.5) is 0 Å². The number of aromatic nitrogens is 1. The summed E-state index contributed by atoms with van der Waals surface area (Å²) in [6.07, 6.45) is 4.64. The molecule has 96 valence electrons. The van der Waals surface area contributed by atoms with Crippen molar-refractivity contribution in [3.05, 3.63) is 24.0 Å². The number of aliphatic hydroxyl groups excluding tert-OH is 1. The van der Waals surface area contributed by atoms with Crippen molar-refractivity contribution in [3.63, 3.8) is 0 Å². The summed E-state index contributed by atoms with van der Waals surface area (Å²) < 4.78 is 1.95. The summed E-state index contributed by atoms with van der Waals surface area (Å²) in [6, 6.07) is 3.76. The Bertz CT molecular complexity index is 347. The van der Waals surface area contributed by atoms with Gasteiger partial charge in [0.15, 0.2) is 0 Å². The summed E-state index contributed by atoms with van der Waals surface area (Å²) in [4.78, 5) is 13.9. The Balaban J connectivity index is 2.46. The van der Waals surface area contributed by atoms with Crippen LogP contribution in [-0.2, 0) is 6.54 Å². The second-order valence-corrected chi connectivity index (χ2v) is 4.19. The smallest absolute Gasteiger partial charge is 0.270 e. The fourth-order valence-electron chi connectivity index (χ4n) is 1.82. The van der Waals surface area contributed by atoms with E-state index in [9.17, 15) is 4.79 Å². The molecular weight excluding hydrogens is 216 g/mol. The van der Waals surface area contributed by atoms with Crippen LogP contribution >= 0.6 is 0 Å². The van der Waals surface area contributed by atoms with Crippen LogP contribution in [0.25, 0.3) is 0 Å². The highest BCUT2D eigenvalue weighted by atomic mass is 16.2. The first kappa shape index (κ1) is 13.8. The molecule has 4 heteroatoms. The third-order valence-corrected chi connectivity index (χ3v) is 2.89. The average Bonchev–Trinajstić information content (AvgIpc) is 2.81. The Labute approximate surface area is 103 Å². The number of rotatable bonds is 7.